The molecule has 1 heterocycles. The average Bonchev–Trinajstić information content (AvgIpc) is 3.14. The number of halogens is 1. The van der Waals surface area contributed by atoms with Crippen LogP contribution < -0.4 is 10.1 Å². The maximum atomic E-state index is 13.5. The average molecular weight is 353 g/mol. The van der Waals surface area contributed by atoms with Gasteiger partial charge in [0.15, 0.2) is 11.6 Å². The van der Waals surface area contributed by atoms with Gasteiger partial charge in [-0.2, -0.15) is 0 Å². The van der Waals surface area contributed by atoms with Crippen molar-refractivity contribution in [1.29, 1.82) is 0 Å². The fourth-order valence-corrected chi connectivity index (χ4v) is 2.48. The lowest BCUT2D eigenvalue weighted by atomic mass is 10.1. The Hall–Kier alpha value is -3.15. The number of imidazole rings is 1. The number of ether oxygens (including phenoxy) is 1. The van der Waals surface area contributed by atoms with E-state index in [1.54, 1.807) is 42.9 Å². The van der Waals surface area contributed by atoms with E-state index in [0.29, 0.717) is 12.1 Å². The molecule has 0 fully saturated rings. The number of nitrogens with zero attached hydrogens (tertiary/aromatic N) is 2. The summed E-state index contributed by atoms with van der Waals surface area (Å²) in [6, 6.07) is 13.3. The van der Waals surface area contributed by atoms with Crippen LogP contribution in [0, 0.1) is 5.82 Å². The SMILES string of the molecule is CC(COc1ccccc1F)NC(=O)c1ccc(Cn2ccnc2)cc1. The van der Waals surface area contributed by atoms with Gasteiger partial charge in [0.1, 0.15) is 6.61 Å². The molecule has 0 bridgehead atoms. The number of hydrogen-bond acceptors (Lipinski definition) is 3. The molecule has 134 valence electrons. The van der Waals surface area contributed by atoms with E-state index in [4.69, 9.17) is 4.74 Å². The molecule has 0 spiro atoms. The predicted molar refractivity (Wildman–Crippen MR) is 96.6 cm³/mol. The van der Waals surface area contributed by atoms with Crippen molar-refractivity contribution in [3.8, 4) is 5.75 Å². The largest absolute Gasteiger partial charge is 0.488 e. The summed E-state index contributed by atoms with van der Waals surface area (Å²) in [4.78, 5) is 16.3. The summed E-state index contributed by atoms with van der Waals surface area (Å²) in [7, 11) is 0. The molecule has 0 aliphatic carbocycles. The molecule has 1 aromatic heterocycles. The van der Waals surface area contributed by atoms with Crippen molar-refractivity contribution in [3.63, 3.8) is 0 Å². The number of aromatic nitrogens is 2. The second kappa shape index (κ2) is 8.29. The molecule has 3 rings (SSSR count). The molecule has 1 N–H and O–H groups in total. The molecule has 3 aromatic rings. The first-order valence-corrected chi connectivity index (χ1v) is 8.34. The molecule has 1 atom stereocenters. The van der Waals surface area contributed by atoms with Crippen molar-refractivity contribution in [2.24, 2.45) is 0 Å². The molecular formula is C20H20FN3O2. The highest BCUT2D eigenvalue weighted by Crippen LogP contribution is 2.15. The van der Waals surface area contributed by atoms with Gasteiger partial charge < -0.3 is 14.6 Å². The topological polar surface area (TPSA) is 56.1 Å². The van der Waals surface area contributed by atoms with Crippen LogP contribution in [0.1, 0.15) is 22.8 Å². The summed E-state index contributed by atoms with van der Waals surface area (Å²) in [5.41, 5.74) is 1.65. The number of carbonyl (C=O) groups is 1. The van der Waals surface area contributed by atoms with Gasteiger partial charge in [-0.05, 0) is 36.8 Å². The smallest absolute Gasteiger partial charge is 0.251 e. The third-order valence-electron chi connectivity index (χ3n) is 3.84. The normalized spacial score (nSPS) is 11.8. The van der Waals surface area contributed by atoms with E-state index in [1.165, 1.54) is 6.07 Å². The van der Waals surface area contributed by atoms with E-state index in [1.807, 2.05) is 29.8 Å². The van der Waals surface area contributed by atoms with Crippen LogP contribution in [-0.2, 0) is 6.54 Å². The van der Waals surface area contributed by atoms with Gasteiger partial charge in [-0.15, -0.1) is 0 Å². The first kappa shape index (κ1) is 17.7. The molecule has 0 aliphatic heterocycles. The molecule has 0 aliphatic rings. The zero-order chi connectivity index (χ0) is 18.4. The Balaban J connectivity index is 1.51. The van der Waals surface area contributed by atoms with E-state index in [2.05, 4.69) is 10.3 Å². The highest BCUT2D eigenvalue weighted by atomic mass is 19.1. The summed E-state index contributed by atoms with van der Waals surface area (Å²) in [6.07, 6.45) is 5.36. The maximum Gasteiger partial charge on any atom is 0.251 e. The fraction of sp³-hybridized carbons (Fsp3) is 0.200. The summed E-state index contributed by atoms with van der Waals surface area (Å²) in [5, 5.41) is 2.85. The summed E-state index contributed by atoms with van der Waals surface area (Å²) in [6.45, 7) is 2.70. The third kappa shape index (κ3) is 4.69. The lowest BCUT2D eigenvalue weighted by molar-refractivity contribution is 0.0926. The van der Waals surface area contributed by atoms with Gasteiger partial charge in [-0.3, -0.25) is 4.79 Å². The van der Waals surface area contributed by atoms with Crippen molar-refractivity contribution < 1.29 is 13.9 Å². The van der Waals surface area contributed by atoms with Crippen LogP contribution >= 0.6 is 0 Å². The van der Waals surface area contributed by atoms with Crippen molar-refractivity contribution in [3.05, 3.63) is 84.2 Å². The maximum absolute atomic E-state index is 13.5. The minimum absolute atomic E-state index is 0.178. The quantitative estimate of drug-likeness (QED) is 0.709. The summed E-state index contributed by atoms with van der Waals surface area (Å²) >= 11 is 0. The number of benzene rings is 2. The Bertz CT molecular complexity index is 848. The predicted octanol–water partition coefficient (Wildman–Crippen LogP) is 3.27. The van der Waals surface area contributed by atoms with E-state index < -0.39 is 5.82 Å². The van der Waals surface area contributed by atoms with Crippen LogP contribution in [0.25, 0.3) is 0 Å². The zero-order valence-corrected chi connectivity index (χ0v) is 14.4. The summed E-state index contributed by atoms with van der Waals surface area (Å²) in [5.74, 6) is -0.430. The Morgan fingerprint density at radius 3 is 2.69 bits per heavy atom. The molecule has 0 saturated heterocycles. The molecule has 26 heavy (non-hydrogen) atoms. The van der Waals surface area contributed by atoms with Crippen molar-refractivity contribution in [1.82, 2.24) is 14.9 Å². The second-order valence-corrected chi connectivity index (χ2v) is 6.05. The third-order valence-corrected chi connectivity index (χ3v) is 3.84. The van der Waals surface area contributed by atoms with Gasteiger partial charge in [-0.1, -0.05) is 24.3 Å². The Morgan fingerprint density at radius 2 is 2.00 bits per heavy atom. The number of nitrogens with one attached hydrogen (secondary N) is 1. The van der Waals surface area contributed by atoms with Gasteiger partial charge >= 0.3 is 0 Å². The fourth-order valence-electron chi connectivity index (χ4n) is 2.48. The van der Waals surface area contributed by atoms with Crippen molar-refractivity contribution in [2.45, 2.75) is 19.5 Å². The van der Waals surface area contributed by atoms with E-state index >= 15 is 0 Å². The van der Waals surface area contributed by atoms with E-state index in [-0.39, 0.29) is 24.3 Å². The Kier molecular flexibility index (Phi) is 5.63. The van der Waals surface area contributed by atoms with Crippen LogP contribution in [0.2, 0.25) is 0 Å². The first-order valence-electron chi connectivity index (χ1n) is 8.34. The molecular weight excluding hydrogens is 333 g/mol. The van der Waals surface area contributed by atoms with E-state index in [9.17, 15) is 9.18 Å². The van der Waals surface area contributed by atoms with Crippen molar-refractivity contribution >= 4 is 5.91 Å². The number of para-hydroxylation sites is 1. The highest BCUT2D eigenvalue weighted by molar-refractivity contribution is 5.94. The molecule has 5 nitrogen and oxygen atoms in total. The Morgan fingerprint density at radius 1 is 1.23 bits per heavy atom. The van der Waals surface area contributed by atoms with Crippen molar-refractivity contribution in [2.75, 3.05) is 6.61 Å². The van der Waals surface area contributed by atoms with Crippen LogP contribution in [0.5, 0.6) is 5.75 Å². The number of carbonyl (C=O) groups excluding carboxylic acids is 1. The lowest BCUT2D eigenvalue weighted by Gasteiger charge is -2.15. The Labute approximate surface area is 151 Å². The van der Waals surface area contributed by atoms with Crippen LogP contribution in [0.3, 0.4) is 0 Å². The number of rotatable bonds is 7. The number of hydrogen-bond donors (Lipinski definition) is 1. The highest BCUT2D eigenvalue weighted by Gasteiger charge is 2.11. The monoisotopic (exact) mass is 353 g/mol. The van der Waals surface area contributed by atoms with Gasteiger partial charge in [0.2, 0.25) is 0 Å². The molecule has 1 amide bonds. The molecule has 0 radical (unpaired) electrons. The van der Waals surface area contributed by atoms with Gasteiger partial charge in [-0.25, -0.2) is 9.37 Å². The minimum Gasteiger partial charge on any atom is -0.488 e. The molecule has 2 aromatic carbocycles. The lowest BCUT2D eigenvalue weighted by Crippen LogP contribution is -2.36. The van der Waals surface area contributed by atoms with Gasteiger partial charge in [0.05, 0.1) is 12.4 Å². The standard InChI is InChI=1S/C20H20FN3O2/c1-15(13-26-19-5-3-2-4-18(19)21)23-20(25)17-8-6-16(7-9-17)12-24-11-10-22-14-24/h2-11,14-15H,12-13H2,1H3,(H,23,25). The van der Waals surface area contributed by atoms with Crippen LogP contribution in [0.15, 0.2) is 67.3 Å². The van der Waals surface area contributed by atoms with Gasteiger partial charge in [0, 0.05) is 24.5 Å². The van der Waals surface area contributed by atoms with Gasteiger partial charge in [0.25, 0.3) is 5.91 Å². The number of amides is 1. The first-order chi connectivity index (χ1) is 12.6. The molecule has 6 heteroatoms. The zero-order valence-electron chi connectivity index (χ0n) is 14.4. The second-order valence-electron chi connectivity index (χ2n) is 6.05. The van der Waals surface area contributed by atoms with Crippen LogP contribution in [-0.4, -0.2) is 28.1 Å². The summed E-state index contributed by atoms with van der Waals surface area (Å²) < 4.78 is 20.9. The molecule has 1 unspecified atom stereocenters. The minimum atomic E-state index is -0.417. The van der Waals surface area contributed by atoms with Crippen LogP contribution in [0.4, 0.5) is 4.39 Å². The molecule has 0 saturated carbocycles. The van der Waals surface area contributed by atoms with E-state index in [0.717, 1.165) is 5.56 Å².